The van der Waals surface area contributed by atoms with Crippen molar-refractivity contribution in [3.05, 3.63) is 72.2 Å². The molecule has 0 bridgehead atoms. The van der Waals surface area contributed by atoms with E-state index in [1.807, 2.05) is 55.6 Å². The number of carbonyl (C=O) groups excluding carboxylic acids is 1. The summed E-state index contributed by atoms with van der Waals surface area (Å²) in [5, 5.41) is 9.84. The minimum absolute atomic E-state index is 0.311. The summed E-state index contributed by atoms with van der Waals surface area (Å²) >= 11 is 0. The quantitative estimate of drug-likeness (QED) is 0.756. The third kappa shape index (κ3) is 4.42. The smallest absolute Gasteiger partial charge is 0.308 e. The number of carbonyl (C=O) groups is 1. The number of anilines is 2. The summed E-state index contributed by atoms with van der Waals surface area (Å²) < 4.78 is 1.79. The Labute approximate surface area is 140 Å². The molecule has 6 nitrogen and oxygen atoms in total. The van der Waals surface area contributed by atoms with E-state index in [1.54, 1.807) is 16.9 Å². The van der Waals surface area contributed by atoms with Gasteiger partial charge in [0.2, 0.25) is 0 Å². The molecule has 2 heterocycles. The van der Waals surface area contributed by atoms with Gasteiger partial charge in [-0.05, 0) is 31.2 Å². The molecule has 0 radical (unpaired) electrons. The van der Waals surface area contributed by atoms with Gasteiger partial charge in [-0.3, -0.25) is 15.0 Å². The van der Waals surface area contributed by atoms with Gasteiger partial charge >= 0.3 is 6.03 Å². The van der Waals surface area contributed by atoms with Crippen molar-refractivity contribution >= 4 is 17.5 Å². The Hall–Kier alpha value is -3.15. The van der Waals surface area contributed by atoms with Gasteiger partial charge in [-0.15, -0.1) is 0 Å². The maximum Gasteiger partial charge on any atom is 0.324 e. The predicted octanol–water partition coefficient (Wildman–Crippen LogP) is 3.47. The van der Waals surface area contributed by atoms with Crippen LogP contribution in [-0.2, 0) is 13.0 Å². The lowest BCUT2D eigenvalue weighted by Crippen LogP contribution is -2.19. The fourth-order valence-electron chi connectivity index (χ4n) is 2.24. The normalized spacial score (nSPS) is 10.4. The number of hydrogen-bond acceptors (Lipinski definition) is 3. The van der Waals surface area contributed by atoms with Gasteiger partial charge in [-0.25, -0.2) is 4.79 Å². The number of benzene rings is 1. The zero-order valence-electron chi connectivity index (χ0n) is 13.4. The molecule has 3 aromatic rings. The summed E-state index contributed by atoms with van der Waals surface area (Å²) in [5.41, 5.74) is 2.90. The second-order valence-corrected chi connectivity index (χ2v) is 5.48. The Bertz CT molecular complexity index is 796. The van der Waals surface area contributed by atoms with Gasteiger partial charge in [0.1, 0.15) is 0 Å². The van der Waals surface area contributed by atoms with Crippen LogP contribution in [0.15, 0.2) is 60.9 Å². The molecule has 0 aliphatic carbocycles. The molecular formula is C18H19N5O. The van der Waals surface area contributed by atoms with E-state index < -0.39 is 0 Å². The molecule has 0 aliphatic rings. The summed E-state index contributed by atoms with van der Waals surface area (Å²) in [6, 6.07) is 14.9. The number of nitrogens with zero attached hydrogens (tertiary/aromatic N) is 3. The molecule has 0 saturated carbocycles. The maximum atomic E-state index is 12.0. The molecule has 0 spiro atoms. The highest BCUT2D eigenvalue weighted by Gasteiger charge is 2.05. The SMILES string of the molecule is Cc1ccc(NC(=O)Nc2ccn(CCc3ccccn3)n2)cc1. The topological polar surface area (TPSA) is 71.8 Å². The molecule has 3 rings (SSSR count). The number of rotatable bonds is 5. The van der Waals surface area contributed by atoms with Crippen molar-refractivity contribution in [2.24, 2.45) is 0 Å². The lowest BCUT2D eigenvalue weighted by molar-refractivity contribution is 0.262. The Morgan fingerprint density at radius 1 is 1.08 bits per heavy atom. The van der Waals surface area contributed by atoms with Crippen molar-refractivity contribution in [2.45, 2.75) is 19.9 Å². The molecule has 24 heavy (non-hydrogen) atoms. The van der Waals surface area contributed by atoms with Crippen molar-refractivity contribution in [3.8, 4) is 0 Å². The van der Waals surface area contributed by atoms with Crippen LogP contribution in [0.5, 0.6) is 0 Å². The third-order valence-electron chi connectivity index (χ3n) is 3.51. The van der Waals surface area contributed by atoms with Crippen LogP contribution in [0.1, 0.15) is 11.3 Å². The molecule has 0 aliphatic heterocycles. The van der Waals surface area contributed by atoms with Crippen LogP contribution in [0.25, 0.3) is 0 Å². The number of amides is 2. The van der Waals surface area contributed by atoms with Crippen LogP contribution >= 0.6 is 0 Å². The Morgan fingerprint density at radius 2 is 1.92 bits per heavy atom. The number of aromatic nitrogens is 3. The van der Waals surface area contributed by atoms with Crippen LogP contribution in [0.2, 0.25) is 0 Å². The van der Waals surface area contributed by atoms with Gasteiger partial charge < -0.3 is 5.32 Å². The van der Waals surface area contributed by atoms with Crippen molar-refractivity contribution in [1.29, 1.82) is 0 Å². The summed E-state index contributed by atoms with van der Waals surface area (Å²) in [4.78, 5) is 16.3. The number of urea groups is 1. The maximum absolute atomic E-state index is 12.0. The molecule has 0 atom stereocenters. The van der Waals surface area contributed by atoms with E-state index in [0.717, 1.165) is 23.4 Å². The largest absolute Gasteiger partial charge is 0.324 e. The first-order valence-corrected chi connectivity index (χ1v) is 7.77. The number of nitrogens with one attached hydrogen (secondary N) is 2. The monoisotopic (exact) mass is 321 g/mol. The van der Waals surface area contributed by atoms with Gasteiger partial charge in [0.15, 0.2) is 5.82 Å². The van der Waals surface area contributed by atoms with E-state index in [1.165, 1.54) is 0 Å². The van der Waals surface area contributed by atoms with Crippen molar-refractivity contribution < 1.29 is 4.79 Å². The van der Waals surface area contributed by atoms with Gasteiger partial charge in [0, 0.05) is 42.8 Å². The summed E-state index contributed by atoms with van der Waals surface area (Å²) in [7, 11) is 0. The van der Waals surface area contributed by atoms with Crippen LogP contribution < -0.4 is 10.6 Å². The lowest BCUT2D eigenvalue weighted by Gasteiger charge is -2.06. The molecule has 122 valence electrons. The van der Waals surface area contributed by atoms with Crippen molar-refractivity contribution in [2.75, 3.05) is 10.6 Å². The molecule has 2 amide bonds. The molecule has 1 aromatic carbocycles. The van der Waals surface area contributed by atoms with E-state index in [0.29, 0.717) is 12.4 Å². The zero-order valence-corrected chi connectivity index (χ0v) is 13.4. The highest BCUT2D eigenvalue weighted by atomic mass is 16.2. The Kier molecular flexibility index (Phi) is 4.86. The van der Waals surface area contributed by atoms with E-state index >= 15 is 0 Å². The fraction of sp³-hybridized carbons (Fsp3) is 0.167. The van der Waals surface area contributed by atoms with E-state index in [2.05, 4.69) is 20.7 Å². The number of hydrogen-bond donors (Lipinski definition) is 2. The Balaban J connectivity index is 1.51. The number of aryl methyl sites for hydroxylation is 3. The van der Waals surface area contributed by atoms with Crippen molar-refractivity contribution in [3.63, 3.8) is 0 Å². The predicted molar refractivity (Wildman–Crippen MR) is 94.0 cm³/mol. The molecule has 2 aromatic heterocycles. The molecular weight excluding hydrogens is 302 g/mol. The Morgan fingerprint density at radius 3 is 2.67 bits per heavy atom. The average Bonchev–Trinajstić information content (AvgIpc) is 3.03. The second-order valence-electron chi connectivity index (χ2n) is 5.48. The van der Waals surface area contributed by atoms with Gasteiger partial charge in [-0.2, -0.15) is 5.10 Å². The number of pyridine rings is 1. The third-order valence-corrected chi connectivity index (χ3v) is 3.51. The minimum Gasteiger partial charge on any atom is -0.308 e. The summed E-state index contributed by atoms with van der Waals surface area (Å²) in [6.45, 7) is 2.71. The summed E-state index contributed by atoms with van der Waals surface area (Å²) in [6.07, 6.45) is 4.41. The lowest BCUT2D eigenvalue weighted by atomic mass is 10.2. The first kappa shape index (κ1) is 15.7. The first-order valence-electron chi connectivity index (χ1n) is 7.77. The van der Waals surface area contributed by atoms with Crippen LogP contribution in [0, 0.1) is 6.92 Å². The van der Waals surface area contributed by atoms with Crippen LogP contribution in [0.4, 0.5) is 16.3 Å². The van der Waals surface area contributed by atoms with E-state index in [9.17, 15) is 4.79 Å². The highest BCUT2D eigenvalue weighted by molar-refractivity contribution is 5.99. The van der Waals surface area contributed by atoms with Gasteiger partial charge in [0.05, 0.1) is 0 Å². The van der Waals surface area contributed by atoms with E-state index in [4.69, 9.17) is 0 Å². The fourth-order valence-corrected chi connectivity index (χ4v) is 2.24. The molecule has 0 unspecified atom stereocenters. The molecule has 0 saturated heterocycles. The minimum atomic E-state index is -0.311. The highest BCUT2D eigenvalue weighted by Crippen LogP contribution is 2.10. The summed E-state index contributed by atoms with van der Waals surface area (Å²) in [5.74, 6) is 0.514. The first-order chi connectivity index (χ1) is 11.7. The molecule has 2 N–H and O–H groups in total. The van der Waals surface area contributed by atoms with Gasteiger partial charge in [0.25, 0.3) is 0 Å². The van der Waals surface area contributed by atoms with Crippen molar-refractivity contribution in [1.82, 2.24) is 14.8 Å². The molecule has 0 fully saturated rings. The van der Waals surface area contributed by atoms with E-state index in [-0.39, 0.29) is 6.03 Å². The second kappa shape index (κ2) is 7.41. The van der Waals surface area contributed by atoms with Crippen LogP contribution in [0.3, 0.4) is 0 Å². The van der Waals surface area contributed by atoms with Crippen LogP contribution in [-0.4, -0.2) is 20.8 Å². The average molecular weight is 321 g/mol. The van der Waals surface area contributed by atoms with Gasteiger partial charge in [-0.1, -0.05) is 23.8 Å². The molecule has 6 heteroatoms. The zero-order chi connectivity index (χ0) is 16.8. The standard InChI is InChI=1S/C18H19N5O/c1-14-5-7-16(8-6-14)20-18(24)21-17-10-13-23(22-17)12-9-15-4-2-3-11-19-15/h2-8,10-11,13H,9,12H2,1H3,(H2,20,21,22,24).